The lowest BCUT2D eigenvalue weighted by Crippen LogP contribution is -2.52. The van der Waals surface area contributed by atoms with Gasteiger partial charge in [0.25, 0.3) is 11.8 Å². The first-order chi connectivity index (χ1) is 23.3. The molecule has 0 bridgehead atoms. The fourth-order valence-electron chi connectivity index (χ4n) is 7.59. The number of nitrogens with zero attached hydrogens (tertiary/aromatic N) is 3. The number of pyridine rings is 1. The van der Waals surface area contributed by atoms with Gasteiger partial charge in [-0.2, -0.15) is 0 Å². The largest absolute Gasteiger partial charge is 0.357 e. The fourth-order valence-corrected chi connectivity index (χ4v) is 7.59. The number of imide groups is 1. The van der Waals surface area contributed by atoms with E-state index in [0.29, 0.717) is 48.7 Å². The number of terminal acetylenes is 1. The third kappa shape index (κ3) is 5.98. The molecule has 5 heterocycles. The molecule has 1 unspecified atom stereocenters. The van der Waals surface area contributed by atoms with E-state index < -0.39 is 11.9 Å². The maximum atomic E-state index is 13.7. The van der Waals surface area contributed by atoms with Crippen molar-refractivity contribution in [3.63, 3.8) is 0 Å². The van der Waals surface area contributed by atoms with E-state index in [9.17, 15) is 19.2 Å². The van der Waals surface area contributed by atoms with Gasteiger partial charge < -0.3 is 15.2 Å². The van der Waals surface area contributed by atoms with Crippen LogP contribution in [0.1, 0.15) is 93.6 Å². The quantitative estimate of drug-likeness (QED) is 0.173. The molecular formula is C38H38N6O4. The zero-order valence-corrected chi connectivity index (χ0v) is 26.9. The predicted octanol–water partition coefficient (Wildman–Crippen LogP) is 5.08. The van der Waals surface area contributed by atoms with Crippen molar-refractivity contribution in [1.29, 1.82) is 0 Å². The van der Waals surface area contributed by atoms with Crippen LogP contribution >= 0.6 is 0 Å². The zero-order valence-electron chi connectivity index (χ0n) is 26.9. The van der Waals surface area contributed by atoms with Crippen molar-refractivity contribution < 1.29 is 19.2 Å². The van der Waals surface area contributed by atoms with E-state index in [4.69, 9.17) is 6.42 Å². The van der Waals surface area contributed by atoms with E-state index in [2.05, 4.69) is 44.5 Å². The molecule has 3 aliphatic heterocycles. The summed E-state index contributed by atoms with van der Waals surface area (Å²) in [5.41, 5.74) is 5.88. The van der Waals surface area contributed by atoms with E-state index in [1.807, 2.05) is 42.5 Å². The highest BCUT2D eigenvalue weighted by molar-refractivity contribution is 6.06. The van der Waals surface area contributed by atoms with Crippen molar-refractivity contribution in [2.45, 2.75) is 69.5 Å². The molecule has 3 N–H and O–H groups in total. The number of anilines is 1. The number of aromatic nitrogens is 2. The van der Waals surface area contributed by atoms with Crippen LogP contribution < -0.4 is 10.6 Å². The molecule has 0 spiro atoms. The molecule has 244 valence electrons. The summed E-state index contributed by atoms with van der Waals surface area (Å²) in [5.74, 6) is 1.90. The summed E-state index contributed by atoms with van der Waals surface area (Å²) in [6.45, 7) is 1.35. The summed E-state index contributed by atoms with van der Waals surface area (Å²) in [6, 6.07) is 16.9. The van der Waals surface area contributed by atoms with E-state index in [-0.39, 0.29) is 36.6 Å². The van der Waals surface area contributed by atoms with Gasteiger partial charge in [-0.15, -0.1) is 12.3 Å². The number of aromatic amines is 1. The zero-order chi connectivity index (χ0) is 33.4. The third-order valence-corrected chi connectivity index (χ3v) is 10.1. The molecule has 0 radical (unpaired) electrons. The number of piperidine rings is 1. The van der Waals surface area contributed by atoms with Gasteiger partial charge in [-0.3, -0.25) is 29.4 Å². The van der Waals surface area contributed by atoms with Crippen molar-refractivity contribution in [2.24, 2.45) is 0 Å². The molecule has 10 heteroatoms. The fraction of sp³-hybridized carbons (Fsp3) is 0.342. The Labute approximate surface area is 279 Å². The van der Waals surface area contributed by atoms with Crippen molar-refractivity contribution in [3.05, 3.63) is 94.3 Å². The molecule has 4 aromatic rings. The van der Waals surface area contributed by atoms with Gasteiger partial charge in [-0.05, 0) is 86.5 Å². The van der Waals surface area contributed by atoms with Gasteiger partial charge in [-0.25, -0.2) is 4.98 Å². The lowest BCUT2D eigenvalue weighted by Gasteiger charge is -2.29. The van der Waals surface area contributed by atoms with Crippen LogP contribution in [0.2, 0.25) is 0 Å². The number of hydrogen-bond donors (Lipinski definition) is 3. The summed E-state index contributed by atoms with van der Waals surface area (Å²) >= 11 is 0. The summed E-state index contributed by atoms with van der Waals surface area (Å²) in [4.78, 5) is 63.7. The maximum Gasteiger partial charge on any atom is 0.257 e. The van der Waals surface area contributed by atoms with Crippen LogP contribution in [0, 0.1) is 12.3 Å². The molecule has 7 rings (SSSR count). The summed E-state index contributed by atoms with van der Waals surface area (Å²) in [7, 11) is 2.14. The predicted molar refractivity (Wildman–Crippen MR) is 182 cm³/mol. The van der Waals surface area contributed by atoms with Crippen molar-refractivity contribution in [2.75, 3.05) is 18.9 Å². The Kier molecular flexibility index (Phi) is 8.54. The van der Waals surface area contributed by atoms with Crippen molar-refractivity contribution in [1.82, 2.24) is 25.1 Å². The van der Waals surface area contributed by atoms with Crippen LogP contribution in [-0.4, -0.2) is 63.0 Å². The average Bonchev–Trinajstić information content (AvgIpc) is 3.79. The molecule has 4 amide bonds. The average molecular weight is 643 g/mol. The molecule has 3 aliphatic rings. The Morgan fingerprint density at radius 2 is 1.96 bits per heavy atom. The van der Waals surface area contributed by atoms with Crippen molar-refractivity contribution in [3.8, 4) is 12.3 Å². The number of nitrogens with one attached hydrogen (secondary N) is 3. The smallest absolute Gasteiger partial charge is 0.257 e. The lowest BCUT2D eigenvalue weighted by atomic mass is 9.83. The minimum absolute atomic E-state index is 0.0833. The number of benzene rings is 2. The van der Waals surface area contributed by atoms with E-state index >= 15 is 0 Å². The number of hydrogen-bond acceptors (Lipinski definition) is 6. The minimum atomic E-state index is -0.696. The Bertz CT molecular complexity index is 1980. The topological polar surface area (TPSA) is 128 Å². The van der Waals surface area contributed by atoms with Gasteiger partial charge in [0.2, 0.25) is 11.8 Å². The van der Waals surface area contributed by atoms with E-state index in [1.54, 1.807) is 17.2 Å². The number of H-pyrrole nitrogens is 1. The van der Waals surface area contributed by atoms with Gasteiger partial charge >= 0.3 is 0 Å². The number of fused-ring (bicyclic) bond motifs is 2. The van der Waals surface area contributed by atoms with Gasteiger partial charge in [0.15, 0.2) is 0 Å². The van der Waals surface area contributed by atoms with Crippen LogP contribution in [0.3, 0.4) is 0 Å². The minimum Gasteiger partial charge on any atom is -0.357 e. The molecule has 0 saturated carbocycles. The molecule has 10 nitrogen and oxygen atoms in total. The van der Waals surface area contributed by atoms with Crippen LogP contribution in [0.4, 0.5) is 5.82 Å². The first-order valence-corrected chi connectivity index (χ1v) is 16.6. The molecule has 2 fully saturated rings. The SMILES string of the molecule is C#CCCC(Cc1ccccc1C(=O)Nc1cc2[nH]c([C@H]3CCCN3C)cc2cn1)c1cccc2c1CN([C@@H]1CCC(=O)NC1=O)C2=O. The molecule has 2 aromatic heterocycles. The number of likely N-dealkylation sites (tertiary alicyclic amines) is 1. The maximum absolute atomic E-state index is 13.7. The highest BCUT2D eigenvalue weighted by Gasteiger charge is 2.40. The first kappa shape index (κ1) is 31.3. The van der Waals surface area contributed by atoms with Gasteiger partial charge in [-0.1, -0.05) is 30.3 Å². The van der Waals surface area contributed by atoms with Gasteiger partial charge in [0, 0.05) is 59.9 Å². The Morgan fingerprint density at radius 1 is 1.10 bits per heavy atom. The Morgan fingerprint density at radius 3 is 2.75 bits per heavy atom. The number of carbonyl (C=O) groups excluding carboxylic acids is 4. The highest BCUT2D eigenvalue weighted by atomic mass is 16.2. The second kappa shape index (κ2) is 13.1. The van der Waals surface area contributed by atoms with Crippen LogP contribution in [-0.2, 0) is 22.6 Å². The number of amides is 4. The first-order valence-electron chi connectivity index (χ1n) is 16.6. The molecule has 2 saturated heterocycles. The Hall–Kier alpha value is -5.27. The number of carbonyl (C=O) groups is 4. The van der Waals surface area contributed by atoms with E-state index in [1.165, 1.54) is 6.42 Å². The van der Waals surface area contributed by atoms with Crippen molar-refractivity contribution >= 4 is 40.3 Å². The monoisotopic (exact) mass is 642 g/mol. The molecule has 2 aromatic carbocycles. The second-order valence-corrected chi connectivity index (χ2v) is 13.0. The van der Waals surface area contributed by atoms with Crippen LogP contribution in [0.15, 0.2) is 60.8 Å². The molecule has 48 heavy (non-hydrogen) atoms. The molecule has 0 aliphatic carbocycles. The summed E-state index contributed by atoms with van der Waals surface area (Å²) in [5, 5.41) is 6.38. The second-order valence-electron chi connectivity index (χ2n) is 13.0. The van der Waals surface area contributed by atoms with E-state index in [0.717, 1.165) is 46.3 Å². The molecular weight excluding hydrogens is 604 g/mol. The summed E-state index contributed by atoms with van der Waals surface area (Å²) < 4.78 is 0. The van der Waals surface area contributed by atoms with Crippen LogP contribution in [0.25, 0.3) is 10.9 Å². The molecule has 3 atom stereocenters. The highest BCUT2D eigenvalue weighted by Crippen LogP contribution is 2.37. The Balaban J connectivity index is 1.13. The number of rotatable bonds is 9. The van der Waals surface area contributed by atoms with Gasteiger partial charge in [0.1, 0.15) is 11.9 Å². The van der Waals surface area contributed by atoms with Gasteiger partial charge in [0.05, 0.1) is 5.52 Å². The normalized spacial score (nSPS) is 20.1. The lowest BCUT2D eigenvalue weighted by molar-refractivity contribution is -0.136. The van der Waals surface area contributed by atoms with Crippen LogP contribution in [0.5, 0.6) is 0 Å². The summed E-state index contributed by atoms with van der Waals surface area (Å²) in [6.07, 6.45) is 12.0. The third-order valence-electron chi connectivity index (χ3n) is 10.1. The standard InChI is InChI=1S/C38H38N6O4/c1-3-4-9-23(26-12-7-13-28-29(26)22-44(38(28)48)33-15-16-35(45)42-37(33)47)18-24-10-5-6-11-27(24)36(46)41-34-20-30-25(21-39-34)19-31(40-30)32-14-8-17-43(32)2/h1,5-7,10-13,19-21,23,32-33,40H,4,8-9,14-18,22H2,2H3,(H,39,41,46)(H,42,45,47)/t23?,32-,33-/m1/s1.